The van der Waals surface area contributed by atoms with Gasteiger partial charge in [0.25, 0.3) is 0 Å². The highest BCUT2D eigenvalue weighted by atomic mass is 16.2. The van der Waals surface area contributed by atoms with Crippen LogP contribution in [0.5, 0.6) is 0 Å². The number of piperidine rings is 1. The first-order valence-corrected chi connectivity index (χ1v) is 7.78. The van der Waals surface area contributed by atoms with E-state index in [0.29, 0.717) is 24.0 Å². The Labute approximate surface area is 140 Å². The Morgan fingerprint density at radius 2 is 1.96 bits per heavy atom. The molecule has 0 unspecified atom stereocenters. The van der Waals surface area contributed by atoms with Crippen LogP contribution in [0.4, 0.5) is 5.82 Å². The average molecular weight is 328 g/mol. The van der Waals surface area contributed by atoms with Gasteiger partial charge >= 0.3 is 11.8 Å². The van der Waals surface area contributed by atoms with E-state index >= 15 is 0 Å². The number of rotatable bonds is 5. The monoisotopic (exact) mass is 328 g/mol. The standard InChI is InChI=1S/C16H20N6O2/c1-2-5-20-15(23)16(24)21-11-12-3-8-22(9-4-12)14-13(10-17)18-6-7-19-14/h2,6-7,12H,1,3-5,8-9,11H2,(H,20,23)(H,21,24). The molecule has 8 nitrogen and oxygen atoms in total. The molecule has 126 valence electrons. The van der Waals surface area contributed by atoms with E-state index in [9.17, 15) is 9.59 Å². The molecular weight excluding hydrogens is 308 g/mol. The lowest BCUT2D eigenvalue weighted by atomic mass is 9.96. The van der Waals surface area contributed by atoms with Gasteiger partial charge in [-0.05, 0) is 18.8 Å². The minimum Gasteiger partial charge on any atom is -0.354 e. The zero-order chi connectivity index (χ0) is 17.4. The Morgan fingerprint density at radius 3 is 2.62 bits per heavy atom. The molecule has 0 atom stereocenters. The molecule has 1 aromatic heterocycles. The summed E-state index contributed by atoms with van der Waals surface area (Å²) in [5.74, 6) is -0.378. The van der Waals surface area contributed by atoms with Crippen molar-refractivity contribution in [1.82, 2.24) is 20.6 Å². The summed E-state index contributed by atoms with van der Waals surface area (Å²) in [6.45, 7) is 5.67. The van der Waals surface area contributed by atoms with E-state index in [1.54, 1.807) is 6.20 Å². The molecule has 24 heavy (non-hydrogen) atoms. The molecule has 0 bridgehead atoms. The van der Waals surface area contributed by atoms with Gasteiger partial charge in [0.15, 0.2) is 11.5 Å². The van der Waals surface area contributed by atoms with Crippen LogP contribution in [0.1, 0.15) is 18.5 Å². The van der Waals surface area contributed by atoms with Gasteiger partial charge in [0.1, 0.15) is 6.07 Å². The molecule has 8 heteroatoms. The second-order valence-electron chi connectivity index (χ2n) is 5.48. The van der Waals surface area contributed by atoms with Gasteiger partial charge in [-0.3, -0.25) is 9.59 Å². The van der Waals surface area contributed by atoms with Crippen LogP contribution < -0.4 is 15.5 Å². The van der Waals surface area contributed by atoms with E-state index in [1.165, 1.54) is 12.3 Å². The highest BCUT2D eigenvalue weighted by Crippen LogP contribution is 2.22. The fourth-order valence-corrected chi connectivity index (χ4v) is 2.55. The van der Waals surface area contributed by atoms with Crippen molar-refractivity contribution < 1.29 is 9.59 Å². The number of hydrogen-bond donors (Lipinski definition) is 2. The predicted molar refractivity (Wildman–Crippen MR) is 87.9 cm³/mol. The van der Waals surface area contributed by atoms with E-state index in [-0.39, 0.29) is 6.54 Å². The van der Waals surface area contributed by atoms with E-state index < -0.39 is 11.8 Å². The molecule has 0 saturated carbocycles. The van der Waals surface area contributed by atoms with Gasteiger partial charge in [0.2, 0.25) is 0 Å². The Morgan fingerprint density at radius 1 is 1.29 bits per heavy atom. The van der Waals surface area contributed by atoms with Crippen LogP contribution in [0.2, 0.25) is 0 Å². The van der Waals surface area contributed by atoms with Gasteiger partial charge in [-0.2, -0.15) is 5.26 Å². The quantitative estimate of drug-likeness (QED) is 0.580. The third-order valence-electron chi connectivity index (χ3n) is 3.86. The number of carbonyl (C=O) groups is 2. The summed E-state index contributed by atoms with van der Waals surface area (Å²) >= 11 is 0. The van der Waals surface area contributed by atoms with Crippen LogP contribution >= 0.6 is 0 Å². The van der Waals surface area contributed by atoms with Crippen LogP contribution in [0.25, 0.3) is 0 Å². The van der Waals surface area contributed by atoms with Crippen LogP contribution in [0, 0.1) is 17.2 Å². The second-order valence-corrected chi connectivity index (χ2v) is 5.48. The molecule has 1 saturated heterocycles. The molecule has 2 heterocycles. The number of anilines is 1. The number of nitriles is 1. The van der Waals surface area contributed by atoms with Crippen molar-refractivity contribution in [3.05, 3.63) is 30.7 Å². The van der Waals surface area contributed by atoms with Gasteiger partial charge in [0, 0.05) is 38.6 Å². The Balaban J connectivity index is 1.79. The summed E-state index contributed by atoms with van der Waals surface area (Å²) in [4.78, 5) is 33.4. The molecule has 1 aliphatic rings. The number of amides is 2. The summed E-state index contributed by atoms with van der Waals surface area (Å²) in [6, 6.07) is 2.05. The number of nitrogens with zero attached hydrogens (tertiary/aromatic N) is 4. The molecule has 2 rings (SSSR count). The van der Waals surface area contributed by atoms with Crippen molar-refractivity contribution in [2.45, 2.75) is 12.8 Å². The number of hydrogen-bond acceptors (Lipinski definition) is 6. The number of aromatic nitrogens is 2. The number of carbonyl (C=O) groups excluding carboxylic acids is 2. The summed E-state index contributed by atoms with van der Waals surface area (Å²) in [7, 11) is 0. The van der Waals surface area contributed by atoms with Crippen LogP contribution in [-0.2, 0) is 9.59 Å². The molecular formula is C16H20N6O2. The first-order valence-electron chi connectivity index (χ1n) is 7.78. The second kappa shape index (κ2) is 8.62. The van der Waals surface area contributed by atoms with Crippen molar-refractivity contribution in [3.63, 3.8) is 0 Å². The van der Waals surface area contributed by atoms with E-state index in [4.69, 9.17) is 5.26 Å². The zero-order valence-corrected chi connectivity index (χ0v) is 13.4. The predicted octanol–water partition coefficient (Wildman–Crippen LogP) is -0.0169. The van der Waals surface area contributed by atoms with Crippen molar-refractivity contribution in [2.75, 3.05) is 31.1 Å². The summed E-state index contributed by atoms with van der Waals surface area (Å²) in [6.07, 6.45) is 6.28. The van der Waals surface area contributed by atoms with E-state index in [1.807, 2.05) is 11.0 Å². The topological polar surface area (TPSA) is 111 Å². The highest BCUT2D eigenvalue weighted by molar-refractivity contribution is 6.35. The molecule has 2 N–H and O–H groups in total. The highest BCUT2D eigenvalue weighted by Gasteiger charge is 2.23. The lowest BCUT2D eigenvalue weighted by molar-refractivity contribution is -0.139. The van der Waals surface area contributed by atoms with Crippen molar-refractivity contribution in [1.29, 1.82) is 5.26 Å². The third kappa shape index (κ3) is 4.52. The van der Waals surface area contributed by atoms with Crippen LogP contribution in [-0.4, -0.2) is 48.0 Å². The summed E-state index contributed by atoms with van der Waals surface area (Å²) in [5, 5.41) is 14.2. The SMILES string of the molecule is C=CCNC(=O)C(=O)NCC1CCN(c2nccnc2C#N)CC1. The first kappa shape index (κ1) is 17.4. The van der Waals surface area contributed by atoms with E-state index in [2.05, 4.69) is 27.2 Å². The van der Waals surface area contributed by atoms with Gasteiger partial charge in [-0.25, -0.2) is 9.97 Å². The smallest absolute Gasteiger partial charge is 0.309 e. The maximum atomic E-state index is 11.6. The Kier molecular flexibility index (Phi) is 6.25. The molecule has 1 aliphatic heterocycles. The van der Waals surface area contributed by atoms with Crippen molar-refractivity contribution in [2.24, 2.45) is 5.92 Å². The molecule has 1 fully saturated rings. The lowest BCUT2D eigenvalue weighted by Gasteiger charge is -2.32. The molecule has 0 aliphatic carbocycles. The Bertz CT molecular complexity index is 646. The van der Waals surface area contributed by atoms with Gasteiger partial charge < -0.3 is 15.5 Å². The van der Waals surface area contributed by atoms with Crippen LogP contribution in [0.3, 0.4) is 0 Å². The normalized spacial score (nSPS) is 14.5. The summed E-state index contributed by atoms with van der Waals surface area (Å²) in [5.41, 5.74) is 0.322. The lowest BCUT2D eigenvalue weighted by Crippen LogP contribution is -2.44. The molecule has 0 spiro atoms. The van der Waals surface area contributed by atoms with Gasteiger partial charge in [-0.15, -0.1) is 6.58 Å². The van der Waals surface area contributed by atoms with Crippen LogP contribution in [0.15, 0.2) is 25.0 Å². The van der Waals surface area contributed by atoms with Crippen molar-refractivity contribution >= 4 is 17.6 Å². The van der Waals surface area contributed by atoms with Gasteiger partial charge in [-0.1, -0.05) is 6.08 Å². The maximum Gasteiger partial charge on any atom is 0.309 e. The number of nitrogens with one attached hydrogen (secondary N) is 2. The minimum absolute atomic E-state index is 0.268. The Hall–Kier alpha value is -2.95. The van der Waals surface area contributed by atoms with E-state index in [0.717, 1.165) is 25.9 Å². The molecule has 2 amide bonds. The fraction of sp³-hybridized carbons (Fsp3) is 0.438. The molecule has 0 radical (unpaired) electrons. The van der Waals surface area contributed by atoms with Gasteiger partial charge in [0.05, 0.1) is 0 Å². The minimum atomic E-state index is -0.648. The molecule has 1 aromatic rings. The van der Waals surface area contributed by atoms with Crippen molar-refractivity contribution in [3.8, 4) is 6.07 Å². The average Bonchev–Trinajstić information content (AvgIpc) is 2.64. The third-order valence-corrected chi connectivity index (χ3v) is 3.86. The zero-order valence-electron chi connectivity index (χ0n) is 13.4. The maximum absolute atomic E-state index is 11.6. The first-order chi connectivity index (χ1) is 11.7. The fourth-order valence-electron chi connectivity index (χ4n) is 2.55. The largest absolute Gasteiger partial charge is 0.354 e. The molecule has 0 aromatic carbocycles. The summed E-state index contributed by atoms with van der Waals surface area (Å²) < 4.78 is 0.